The van der Waals surface area contributed by atoms with Crippen molar-refractivity contribution in [3.8, 4) is 0 Å². The Bertz CT molecular complexity index is 354. The molecule has 3 nitrogen and oxygen atoms in total. The summed E-state index contributed by atoms with van der Waals surface area (Å²) in [5.74, 6) is 1.06. The van der Waals surface area contributed by atoms with Crippen LogP contribution in [0.15, 0.2) is 0 Å². The molecule has 3 fully saturated rings. The van der Waals surface area contributed by atoms with Crippen LogP contribution in [0.3, 0.4) is 0 Å². The van der Waals surface area contributed by atoms with Crippen LogP contribution in [0, 0.1) is 17.3 Å². The second kappa shape index (κ2) is 4.55. The lowest BCUT2D eigenvalue weighted by Gasteiger charge is -2.35. The van der Waals surface area contributed by atoms with E-state index in [4.69, 9.17) is 0 Å². The van der Waals surface area contributed by atoms with Crippen molar-refractivity contribution in [1.82, 2.24) is 4.90 Å². The first-order chi connectivity index (χ1) is 8.67. The Hall–Kier alpha value is -0.510. The van der Waals surface area contributed by atoms with E-state index >= 15 is 0 Å². The number of carbonyl (C=O) groups is 2. The summed E-state index contributed by atoms with van der Waals surface area (Å²) in [7, 11) is 0. The molecule has 2 aliphatic carbocycles. The van der Waals surface area contributed by atoms with Gasteiger partial charge in [0, 0.05) is 6.54 Å². The Labute approximate surface area is 114 Å². The topological polar surface area (TPSA) is 37.4 Å². The molecule has 100 valence electrons. The highest BCUT2D eigenvalue weighted by Gasteiger charge is 2.59. The Morgan fingerprint density at radius 2 is 1.61 bits per heavy atom. The Kier molecular flexibility index (Phi) is 3.16. The van der Waals surface area contributed by atoms with Gasteiger partial charge >= 0.3 is 0 Å². The molecule has 18 heavy (non-hydrogen) atoms. The number of amides is 2. The number of thiol groups is 1. The molecule has 3 aliphatic rings. The van der Waals surface area contributed by atoms with Crippen LogP contribution in [0.4, 0.5) is 0 Å². The van der Waals surface area contributed by atoms with E-state index < -0.39 is 0 Å². The number of hydrogen-bond acceptors (Lipinski definition) is 3. The lowest BCUT2D eigenvalue weighted by Crippen LogP contribution is -2.43. The van der Waals surface area contributed by atoms with Gasteiger partial charge in [-0.25, -0.2) is 0 Å². The molecule has 0 bridgehead atoms. The third-order valence-electron chi connectivity index (χ3n) is 4.95. The number of rotatable bonds is 3. The van der Waals surface area contributed by atoms with E-state index in [2.05, 4.69) is 12.6 Å². The Balaban J connectivity index is 1.73. The molecule has 2 amide bonds. The SMILES string of the molecule is O=C1C2CC2C(=O)N1CC1(CS)CCCCCC1. The van der Waals surface area contributed by atoms with Gasteiger partial charge in [0.25, 0.3) is 0 Å². The standard InChI is InChI=1S/C14H21NO2S/c16-12-10-7-11(10)13(17)15(12)8-14(9-18)5-3-1-2-4-6-14/h10-11,18H,1-9H2. The fourth-order valence-electron chi connectivity index (χ4n) is 3.59. The Morgan fingerprint density at radius 3 is 2.11 bits per heavy atom. The number of carbonyl (C=O) groups excluding carboxylic acids is 2. The van der Waals surface area contributed by atoms with Gasteiger partial charge < -0.3 is 0 Å². The quantitative estimate of drug-likeness (QED) is 0.484. The monoisotopic (exact) mass is 267 g/mol. The third kappa shape index (κ3) is 1.98. The van der Waals surface area contributed by atoms with Crippen molar-refractivity contribution in [1.29, 1.82) is 0 Å². The van der Waals surface area contributed by atoms with Gasteiger partial charge in [0.05, 0.1) is 11.8 Å². The van der Waals surface area contributed by atoms with Gasteiger partial charge in [-0.05, 0) is 30.4 Å². The first-order valence-electron chi connectivity index (χ1n) is 7.13. The van der Waals surface area contributed by atoms with Crippen molar-refractivity contribution in [3.63, 3.8) is 0 Å². The predicted molar refractivity (Wildman–Crippen MR) is 72.3 cm³/mol. The summed E-state index contributed by atoms with van der Waals surface area (Å²) in [5.41, 5.74) is 0.0850. The molecule has 2 unspecified atom stereocenters. The molecule has 0 radical (unpaired) electrons. The van der Waals surface area contributed by atoms with Gasteiger partial charge in [-0.15, -0.1) is 0 Å². The average Bonchev–Trinajstić information content (AvgIpc) is 3.15. The van der Waals surface area contributed by atoms with Crippen LogP contribution < -0.4 is 0 Å². The van der Waals surface area contributed by atoms with Crippen LogP contribution in [0.25, 0.3) is 0 Å². The minimum atomic E-state index is 0.0419. The summed E-state index contributed by atoms with van der Waals surface area (Å²) in [5, 5.41) is 0. The van der Waals surface area contributed by atoms with Crippen LogP contribution in [-0.4, -0.2) is 29.0 Å². The first kappa shape index (κ1) is 12.5. The summed E-state index contributed by atoms with van der Waals surface area (Å²) in [6, 6.07) is 0. The fraction of sp³-hybridized carbons (Fsp3) is 0.857. The first-order valence-corrected chi connectivity index (χ1v) is 7.76. The smallest absolute Gasteiger partial charge is 0.233 e. The summed E-state index contributed by atoms with van der Waals surface area (Å²) in [6.07, 6.45) is 8.02. The van der Waals surface area contributed by atoms with Crippen molar-refractivity contribution < 1.29 is 9.59 Å². The molecule has 0 aromatic rings. The van der Waals surface area contributed by atoms with Crippen LogP contribution in [0.2, 0.25) is 0 Å². The second-order valence-corrected chi connectivity index (χ2v) is 6.60. The summed E-state index contributed by atoms with van der Waals surface area (Å²) >= 11 is 4.51. The van der Waals surface area contributed by atoms with Crippen molar-refractivity contribution in [3.05, 3.63) is 0 Å². The number of fused-ring (bicyclic) bond motifs is 1. The van der Waals surface area contributed by atoms with Gasteiger partial charge in [-0.2, -0.15) is 12.6 Å². The van der Waals surface area contributed by atoms with E-state index in [0.717, 1.165) is 25.0 Å². The van der Waals surface area contributed by atoms with Crippen LogP contribution in [-0.2, 0) is 9.59 Å². The lowest BCUT2D eigenvalue weighted by molar-refractivity contribution is -0.143. The van der Waals surface area contributed by atoms with E-state index in [-0.39, 0.29) is 29.1 Å². The van der Waals surface area contributed by atoms with Gasteiger partial charge in [0.2, 0.25) is 11.8 Å². The summed E-state index contributed by atoms with van der Waals surface area (Å²) in [6.45, 7) is 0.626. The lowest BCUT2D eigenvalue weighted by atomic mass is 9.81. The van der Waals surface area contributed by atoms with Crippen LogP contribution >= 0.6 is 12.6 Å². The molecule has 0 spiro atoms. The molecular weight excluding hydrogens is 246 g/mol. The van der Waals surface area contributed by atoms with Gasteiger partial charge in [0.15, 0.2) is 0 Å². The maximum atomic E-state index is 12.1. The van der Waals surface area contributed by atoms with E-state index in [0.29, 0.717) is 6.54 Å². The molecular formula is C14H21NO2S. The molecule has 1 aliphatic heterocycles. The van der Waals surface area contributed by atoms with Gasteiger partial charge in [0.1, 0.15) is 0 Å². The highest BCUT2D eigenvalue weighted by molar-refractivity contribution is 7.80. The molecule has 1 saturated heterocycles. The molecule has 4 heteroatoms. The average molecular weight is 267 g/mol. The van der Waals surface area contributed by atoms with E-state index in [1.165, 1.54) is 25.7 Å². The zero-order valence-electron chi connectivity index (χ0n) is 10.7. The van der Waals surface area contributed by atoms with E-state index in [1.54, 1.807) is 4.90 Å². The highest BCUT2D eigenvalue weighted by atomic mass is 32.1. The van der Waals surface area contributed by atoms with Gasteiger partial charge in [-0.1, -0.05) is 25.7 Å². The van der Waals surface area contributed by atoms with Crippen molar-refractivity contribution >= 4 is 24.4 Å². The fourth-order valence-corrected chi connectivity index (χ4v) is 4.00. The maximum Gasteiger partial charge on any atom is 0.233 e. The molecule has 1 heterocycles. The summed E-state index contributed by atoms with van der Waals surface area (Å²) < 4.78 is 0. The van der Waals surface area contributed by atoms with E-state index in [9.17, 15) is 9.59 Å². The van der Waals surface area contributed by atoms with E-state index in [1.807, 2.05) is 0 Å². The number of imide groups is 1. The minimum absolute atomic E-state index is 0.0419. The predicted octanol–water partition coefficient (Wildman–Crippen LogP) is 2.26. The molecule has 0 aromatic heterocycles. The largest absolute Gasteiger partial charge is 0.282 e. The normalized spacial score (nSPS) is 34.4. The molecule has 2 atom stereocenters. The summed E-state index contributed by atoms with van der Waals surface area (Å²) in [4.78, 5) is 25.7. The van der Waals surface area contributed by atoms with Crippen molar-refractivity contribution in [2.75, 3.05) is 12.3 Å². The van der Waals surface area contributed by atoms with Crippen LogP contribution in [0.5, 0.6) is 0 Å². The maximum absolute atomic E-state index is 12.1. The number of piperidine rings is 1. The number of likely N-dealkylation sites (tertiary alicyclic amines) is 1. The van der Waals surface area contributed by atoms with Crippen molar-refractivity contribution in [2.45, 2.75) is 44.9 Å². The highest BCUT2D eigenvalue weighted by Crippen LogP contribution is 2.48. The Morgan fingerprint density at radius 1 is 1.06 bits per heavy atom. The second-order valence-electron chi connectivity index (χ2n) is 6.28. The van der Waals surface area contributed by atoms with Crippen molar-refractivity contribution in [2.24, 2.45) is 17.3 Å². The molecule has 0 aromatic carbocycles. The van der Waals surface area contributed by atoms with Gasteiger partial charge in [-0.3, -0.25) is 14.5 Å². The number of hydrogen-bond donors (Lipinski definition) is 1. The third-order valence-corrected chi connectivity index (χ3v) is 5.62. The van der Waals surface area contributed by atoms with Crippen LogP contribution in [0.1, 0.15) is 44.9 Å². The molecule has 0 N–H and O–H groups in total. The minimum Gasteiger partial charge on any atom is -0.282 e. The zero-order chi connectivity index (χ0) is 12.8. The number of nitrogens with zero attached hydrogens (tertiary/aromatic N) is 1. The molecule has 3 rings (SSSR count). The zero-order valence-corrected chi connectivity index (χ0v) is 11.6. The molecule has 2 saturated carbocycles.